The Labute approximate surface area is 219 Å². The summed E-state index contributed by atoms with van der Waals surface area (Å²) < 4.78 is 31.1. The Morgan fingerprint density at radius 3 is 2.65 bits per heavy atom. The molecule has 0 radical (unpaired) electrons. The molecular weight excluding hydrogens is 499 g/mol. The van der Waals surface area contributed by atoms with Gasteiger partial charge in [-0.15, -0.1) is 0 Å². The minimum atomic E-state index is -0.656. The third kappa shape index (κ3) is 4.66. The first-order valence-corrected chi connectivity index (χ1v) is 12.6. The van der Waals surface area contributed by atoms with Gasteiger partial charge in [0.15, 0.2) is 17.3 Å². The molecule has 1 aliphatic heterocycles. The van der Waals surface area contributed by atoms with E-state index in [0.29, 0.717) is 36.2 Å². The number of furan rings is 1. The summed E-state index contributed by atoms with van der Waals surface area (Å²) in [6.07, 6.45) is 2.83. The van der Waals surface area contributed by atoms with Crippen LogP contribution in [0.5, 0.6) is 11.5 Å². The van der Waals surface area contributed by atoms with E-state index in [0.717, 1.165) is 24.8 Å². The van der Waals surface area contributed by atoms with Crippen LogP contribution in [-0.4, -0.2) is 50.6 Å². The first-order chi connectivity index (χ1) is 17.8. The first-order valence-electron chi connectivity index (χ1n) is 12.2. The highest BCUT2D eigenvalue weighted by Gasteiger charge is 2.51. The van der Waals surface area contributed by atoms with Crippen molar-refractivity contribution in [2.45, 2.75) is 19.3 Å². The summed E-state index contributed by atoms with van der Waals surface area (Å²) in [5.74, 6) is -0.0339. The van der Waals surface area contributed by atoms with E-state index in [1.807, 2.05) is 12.1 Å². The fraction of sp³-hybridized carbons (Fsp3) is 0.357. The maximum absolute atomic E-state index is 14.8. The molecule has 7 nitrogen and oxygen atoms in total. The summed E-state index contributed by atoms with van der Waals surface area (Å²) in [4.78, 5) is 28.0. The summed E-state index contributed by atoms with van der Waals surface area (Å²) in [5, 5.41) is 3.64. The van der Waals surface area contributed by atoms with Crippen molar-refractivity contribution in [2.75, 3.05) is 33.9 Å². The number of rotatable bonds is 7. The normalized spacial score (nSPS) is 20.5. The van der Waals surface area contributed by atoms with Crippen LogP contribution in [0.2, 0.25) is 5.02 Å². The van der Waals surface area contributed by atoms with Crippen molar-refractivity contribution in [1.82, 2.24) is 10.2 Å². The Kier molecular flexibility index (Phi) is 6.86. The number of nitrogens with zero attached hydrogens (tertiary/aromatic N) is 1. The van der Waals surface area contributed by atoms with E-state index < -0.39 is 11.7 Å². The molecule has 2 aliphatic rings. The van der Waals surface area contributed by atoms with E-state index in [4.69, 9.17) is 25.5 Å². The van der Waals surface area contributed by atoms with Crippen LogP contribution in [0.4, 0.5) is 4.39 Å². The van der Waals surface area contributed by atoms with Crippen LogP contribution in [0.1, 0.15) is 40.2 Å². The van der Waals surface area contributed by atoms with Crippen LogP contribution in [0.3, 0.4) is 0 Å². The maximum atomic E-state index is 14.8. The van der Waals surface area contributed by atoms with Crippen LogP contribution in [-0.2, 0) is 0 Å². The van der Waals surface area contributed by atoms with Crippen LogP contribution < -0.4 is 14.8 Å². The lowest BCUT2D eigenvalue weighted by molar-refractivity contribution is 0.0757. The van der Waals surface area contributed by atoms with Gasteiger partial charge in [0.25, 0.3) is 11.8 Å². The number of fused-ring (bicyclic) bond motifs is 1. The molecule has 3 aromatic rings. The van der Waals surface area contributed by atoms with Crippen LogP contribution in [0.15, 0.2) is 52.9 Å². The zero-order valence-electron chi connectivity index (χ0n) is 20.7. The van der Waals surface area contributed by atoms with E-state index in [1.165, 1.54) is 26.4 Å². The van der Waals surface area contributed by atoms with Crippen molar-refractivity contribution in [3.05, 3.63) is 70.7 Å². The van der Waals surface area contributed by atoms with E-state index in [9.17, 15) is 14.0 Å². The number of amides is 2. The van der Waals surface area contributed by atoms with Crippen LogP contribution >= 0.6 is 11.6 Å². The molecule has 1 aliphatic carbocycles. The van der Waals surface area contributed by atoms with Gasteiger partial charge in [-0.1, -0.05) is 18.0 Å². The Morgan fingerprint density at radius 1 is 1.14 bits per heavy atom. The van der Waals surface area contributed by atoms with Gasteiger partial charge in [-0.25, -0.2) is 4.39 Å². The molecule has 37 heavy (non-hydrogen) atoms. The average Bonchev–Trinajstić information content (AvgIpc) is 3.62. The van der Waals surface area contributed by atoms with Gasteiger partial charge in [0, 0.05) is 35.6 Å². The number of nitrogens with one attached hydrogen (secondary N) is 1. The predicted molar refractivity (Wildman–Crippen MR) is 137 cm³/mol. The summed E-state index contributed by atoms with van der Waals surface area (Å²) in [6, 6.07) is 13.2. The lowest BCUT2D eigenvalue weighted by atomic mass is 9.80. The smallest absolute Gasteiger partial charge is 0.287 e. The quantitative estimate of drug-likeness (QED) is 0.444. The highest BCUT2D eigenvalue weighted by Crippen LogP contribution is 2.49. The van der Waals surface area contributed by atoms with Crippen LogP contribution in [0, 0.1) is 17.2 Å². The molecular formula is C28H28ClFN2O5. The lowest BCUT2D eigenvalue weighted by Crippen LogP contribution is -2.41. The molecule has 9 heteroatoms. The molecule has 0 bridgehead atoms. The zero-order chi connectivity index (χ0) is 26.2. The highest BCUT2D eigenvalue weighted by molar-refractivity contribution is 6.30. The number of ether oxygens (including phenoxy) is 2. The molecule has 1 saturated heterocycles. The molecule has 1 aromatic heterocycles. The molecule has 1 N–H and O–H groups in total. The second kappa shape index (κ2) is 10.1. The van der Waals surface area contributed by atoms with Gasteiger partial charge in [0.05, 0.1) is 14.2 Å². The topological polar surface area (TPSA) is 81.0 Å². The standard InChI is InChI=1S/C28H28ClFN2O5/c1-35-22-10-9-20(30)24(25(22)36-2)27(34)32-14-18-4-3-13-28(18,16-32)15-31-26(33)23-12-11-21(37-23)17-5-7-19(29)8-6-17/h5-12,18H,3-4,13-16H2,1-2H3,(H,31,33)/t18-,28-/m0/s1. The molecule has 2 amide bonds. The predicted octanol–water partition coefficient (Wildman–Crippen LogP) is 5.43. The molecule has 2 atom stereocenters. The van der Waals surface area contributed by atoms with Gasteiger partial charge < -0.3 is 24.1 Å². The van der Waals surface area contributed by atoms with Crippen molar-refractivity contribution in [2.24, 2.45) is 11.3 Å². The summed E-state index contributed by atoms with van der Waals surface area (Å²) in [5.41, 5.74) is 0.411. The van der Waals surface area contributed by atoms with Crippen molar-refractivity contribution in [3.8, 4) is 22.8 Å². The molecule has 5 rings (SSSR count). The SMILES string of the molecule is COc1ccc(F)c(C(=O)N2C[C@@H]3CCC[C@]3(CNC(=O)c3ccc(-c4ccc(Cl)cc4)o3)C2)c1OC. The second-order valence-electron chi connectivity index (χ2n) is 9.65. The highest BCUT2D eigenvalue weighted by atomic mass is 35.5. The molecule has 0 spiro atoms. The Morgan fingerprint density at radius 2 is 1.92 bits per heavy atom. The van der Waals surface area contributed by atoms with E-state index >= 15 is 0 Å². The minimum absolute atomic E-state index is 0.0845. The number of benzene rings is 2. The van der Waals surface area contributed by atoms with Gasteiger partial charge in [0.2, 0.25) is 0 Å². The third-order valence-electron chi connectivity index (χ3n) is 7.60. The van der Waals surface area contributed by atoms with Gasteiger partial charge >= 0.3 is 0 Å². The first kappa shape index (κ1) is 25.1. The lowest BCUT2D eigenvalue weighted by Gasteiger charge is -2.29. The van der Waals surface area contributed by atoms with E-state index in [1.54, 1.807) is 29.2 Å². The Hall–Kier alpha value is -3.52. The Bertz CT molecular complexity index is 1320. The molecule has 2 heterocycles. The van der Waals surface area contributed by atoms with Crippen molar-refractivity contribution < 1.29 is 27.9 Å². The summed E-state index contributed by atoms with van der Waals surface area (Å²) in [6.45, 7) is 1.32. The van der Waals surface area contributed by atoms with Gasteiger partial charge in [-0.3, -0.25) is 9.59 Å². The van der Waals surface area contributed by atoms with Gasteiger partial charge in [-0.05, 0) is 67.3 Å². The number of hydrogen-bond acceptors (Lipinski definition) is 5. The maximum Gasteiger partial charge on any atom is 0.287 e. The number of halogens is 2. The van der Waals surface area contributed by atoms with Gasteiger partial charge in [-0.2, -0.15) is 0 Å². The number of hydrogen-bond donors (Lipinski definition) is 1. The molecule has 2 aromatic carbocycles. The average molecular weight is 527 g/mol. The van der Waals surface area contributed by atoms with Crippen molar-refractivity contribution in [3.63, 3.8) is 0 Å². The van der Waals surface area contributed by atoms with E-state index in [-0.39, 0.29) is 34.3 Å². The number of likely N-dealkylation sites (tertiary alicyclic amines) is 1. The fourth-order valence-corrected chi connectivity index (χ4v) is 5.82. The molecule has 2 fully saturated rings. The van der Waals surface area contributed by atoms with Crippen molar-refractivity contribution in [1.29, 1.82) is 0 Å². The minimum Gasteiger partial charge on any atom is -0.493 e. The van der Waals surface area contributed by atoms with Crippen molar-refractivity contribution >= 4 is 23.4 Å². The van der Waals surface area contributed by atoms with Gasteiger partial charge in [0.1, 0.15) is 17.1 Å². The molecule has 1 saturated carbocycles. The second-order valence-corrected chi connectivity index (χ2v) is 10.1. The summed E-state index contributed by atoms with van der Waals surface area (Å²) >= 11 is 5.95. The molecule has 194 valence electrons. The Balaban J connectivity index is 1.29. The number of carbonyl (C=O) groups excluding carboxylic acids is 2. The fourth-order valence-electron chi connectivity index (χ4n) is 5.69. The number of methoxy groups -OCH3 is 2. The zero-order valence-corrected chi connectivity index (χ0v) is 21.4. The largest absolute Gasteiger partial charge is 0.493 e. The monoisotopic (exact) mass is 526 g/mol. The third-order valence-corrected chi connectivity index (χ3v) is 7.85. The van der Waals surface area contributed by atoms with Crippen LogP contribution in [0.25, 0.3) is 11.3 Å². The van der Waals surface area contributed by atoms with E-state index in [2.05, 4.69) is 5.32 Å². The molecule has 0 unspecified atom stereocenters. The summed E-state index contributed by atoms with van der Waals surface area (Å²) in [7, 11) is 2.83. The number of carbonyl (C=O) groups is 2.